The number of aliphatic hydroxyl groups is 3. The summed E-state index contributed by atoms with van der Waals surface area (Å²) in [6.45, 7) is 18.1. The molecule has 4 atom stereocenters. The van der Waals surface area contributed by atoms with Crippen LogP contribution in [0.1, 0.15) is 73.3 Å². The maximum absolute atomic E-state index is 13.0. The minimum Gasteiger partial charge on any atom is -0.660 e. The molecule has 53 heavy (non-hydrogen) atoms. The number of carbonyl (C=O) groups is 4. The van der Waals surface area contributed by atoms with E-state index in [1.54, 1.807) is 6.07 Å². The molecule has 18 heteroatoms. The fraction of sp³-hybridized carbons (Fsp3) is 0.714. The molecule has 4 amide bonds. The van der Waals surface area contributed by atoms with Crippen LogP contribution in [-0.4, -0.2) is 128 Å². The zero-order valence-corrected chi connectivity index (χ0v) is 36.9. The van der Waals surface area contributed by atoms with Gasteiger partial charge < -0.3 is 67.5 Å². The second-order valence-electron chi connectivity index (χ2n) is 12.2. The number of nitrogens with two attached hydrogens (primary N) is 1. The van der Waals surface area contributed by atoms with Crippen LogP contribution in [0.2, 0.25) is 0 Å². The summed E-state index contributed by atoms with van der Waals surface area (Å²) in [5, 5.41) is 53.2. The van der Waals surface area contributed by atoms with Crippen molar-refractivity contribution in [3.8, 4) is 5.75 Å². The molecule has 0 spiro atoms. The predicted molar refractivity (Wildman–Crippen MR) is 201 cm³/mol. The van der Waals surface area contributed by atoms with Crippen molar-refractivity contribution in [3.63, 3.8) is 0 Å². The van der Waals surface area contributed by atoms with Gasteiger partial charge in [0.15, 0.2) is 0 Å². The van der Waals surface area contributed by atoms with E-state index >= 15 is 0 Å². The van der Waals surface area contributed by atoms with Crippen molar-refractivity contribution < 1.29 is 80.2 Å². The van der Waals surface area contributed by atoms with Gasteiger partial charge in [-0.15, -0.1) is 13.1 Å². The molecule has 2 saturated heterocycles. The van der Waals surface area contributed by atoms with E-state index in [-0.39, 0.29) is 80.0 Å². The number of carbonyl (C=O) groups excluding carboxylic acids is 4. The molecule has 1 aromatic carbocycles. The summed E-state index contributed by atoms with van der Waals surface area (Å²) in [5.74, 6) is -1.53. The van der Waals surface area contributed by atoms with Crippen molar-refractivity contribution >= 4 is 29.5 Å². The summed E-state index contributed by atoms with van der Waals surface area (Å²) >= 11 is 0. The Morgan fingerprint density at radius 2 is 1.60 bits per heavy atom. The number of nitrogens with zero attached hydrogens (tertiary/aromatic N) is 1. The van der Waals surface area contributed by atoms with Gasteiger partial charge in [0.25, 0.3) is 0 Å². The molecule has 2 aliphatic heterocycles. The molecule has 2 fully saturated rings. The molecule has 4 unspecified atom stereocenters. The van der Waals surface area contributed by atoms with E-state index in [0.717, 1.165) is 33.3 Å². The third kappa shape index (κ3) is 28.6. The number of esters is 1. The molecule has 0 radical (unpaired) electrons. The van der Waals surface area contributed by atoms with Gasteiger partial charge in [0.2, 0.25) is 11.8 Å². The minimum atomic E-state index is -0.919. The maximum Gasteiger partial charge on any atom is 0.312 e. The number of benzene rings is 1. The molecule has 0 aliphatic carbocycles. The summed E-state index contributed by atoms with van der Waals surface area (Å²) < 4.78 is 9.69. The Labute approximate surface area is 339 Å². The Morgan fingerprint density at radius 1 is 1.02 bits per heavy atom. The fourth-order valence-electron chi connectivity index (χ4n) is 4.50. The summed E-state index contributed by atoms with van der Waals surface area (Å²) in [4.78, 5) is 47.8. The molecule has 1 aromatic rings. The van der Waals surface area contributed by atoms with Crippen molar-refractivity contribution in [1.82, 2.24) is 21.3 Å². The number of aromatic hydroxyl groups is 1. The van der Waals surface area contributed by atoms with E-state index in [4.69, 9.17) is 30.5 Å². The van der Waals surface area contributed by atoms with Crippen molar-refractivity contribution in [1.29, 1.82) is 0 Å². The molecular weight excluding hydrogens is 916 g/mol. The number of primary amides is 1. The largest absolute Gasteiger partial charge is 0.660 e. The van der Waals surface area contributed by atoms with Crippen LogP contribution in [0.5, 0.6) is 5.75 Å². The summed E-state index contributed by atoms with van der Waals surface area (Å²) in [6, 6.07) is 2.42. The van der Waals surface area contributed by atoms with Gasteiger partial charge in [-0.3, -0.25) is 14.4 Å². The number of phenols is 1. The van der Waals surface area contributed by atoms with E-state index < -0.39 is 42.2 Å². The van der Waals surface area contributed by atoms with Gasteiger partial charge in [-0.2, -0.15) is 0 Å². The van der Waals surface area contributed by atoms with Gasteiger partial charge in [0, 0.05) is 64.2 Å². The number of phenolic OH excluding ortho intramolecular Hbond substituents is 1. The van der Waals surface area contributed by atoms with Crippen LogP contribution in [-0.2, 0) is 30.5 Å². The number of nitrogens with one attached hydrogen (secondary N) is 5. The van der Waals surface area contributed by atoms with Crippen LogP contribution in [0.3, 0.4) is 0 Å². The molecule has 11 N–H and O–H groups in total. The topological polar surface area (TPSA) is 268 Å². The number of amides is 4. The average molecular weight is 983 g/mol. The van der Waals surface area contributed by atoms with E-state index in [1.165, 1.54) is 19.1 Å². The van der Waals surface area contributed by atoms with Crippen LogP contribution < -0.4 is 32.3 Å². The van der Waals surface area contributed by atoms with E-state index in [9.17, 15) is 24.3 Å². The van der Waals surface area contributed by atoms with Crippen molar-refractivity contribution in [3.05, 3.63) is 29.1 Å². The first-order chi connectivity index (χ1) is 24.7. The van der Waals surface area contributed by atoms with Crippen LogP contribution in [0.25, 0.3) is 5.32 Å². The Kier molecular flexibility index (Phi) is 35.2. The normalized spacial score (nSPS) is 17.1. The Morgan fingerprint density at radius 3 is 2.00 bits per heavy atom. The zero-order chi connectivity index (χ0) is 40.1. The molecule has 3 rings (SSSR count). The SMILES string of the molecule is C1CNCC[N-]1.CC.CC(=O)OCc1ccc(NC(=O)C(CCCNC(N)=O)NC(=O)C(NC(C)C)C(C)C)c(O)c1.CO.OC1COCC(O)C1.[U]. The first-order valence-corrected chi connectivity index (χ1v) is 17.8. The number of hydrogen-bond acceptors (Lipinski definition) is 12. The van der Waals surface area contributed by atoms with Crippen molar-refractivity contribution in [2.24, 2.45) is 11.7 Å². The van der Waals surface area contributed by atoms with Crippen molar-refractivity contribution in [2.75, 3.05) is 58.4 Å². The number of hydrogen-bond donors (Lipinski definition) is 10. The fourth-order valence-corrected chi connectivity index (χ4v) is 4.50. The Bertz CT molecular complexity index is 1110. The molecule has 306 valence electrons. The summed E-state index contributed by atoms with van der Waals surface area (Å²) in [7, 11) is 1.00. The van der Waals surface area contributed by atoms with Crippen LogP contribution in [0, 0.1) is 37.0 Å². The Hall–Kier alpha value is -2.53. The van der Waals surface area contributed by atoms with Crippen LogP contribution >= 0.6 is 0 Å². The van der Waals surface area contributed by atoms with Gasteiger partial charge in [-0.25, -0.2) is 4.79 Å². The number of aliphatic hydroxyl groups excluding tert-OH is 3. The number of anilines is 1. The third-order valence-electron chi connectivity index (χ3n) is 6.88. The van der Waals surface area contributed by atoms with Crippen molar-refractivity contribution in [2.45, 2.75) is 105 Å². The zero-order valence-electron chi connectivity index (χ0n) is 32.7. The van der Waals surface area contributed by atoms with Crippen LogP contribution in [0.4, 0.5) is 10.5 Å². The summed E-state index contributed by atoms with van der Waals surface area (Å²) in [5.41, 5.74) is 5.77. The maximum atomic E-state index is 13.0. The number of ether oxygens (including phenoxy) is 2. The quantitative estimate of drug-likeness (QED) is 0.0757. The predicted octanol–water partition coefficient (Wildman–Crippen LogP) is 1.08. The van der Waals surface area contributed by atoms with E-state index in [2.05, 4.69) is 31.9 Å². The first-order valence-electron chi connectivity index (χ1n) is 17.8. The third-order valence-corrected chi connectivity index (χ3v) is 6.88. The second kappa shape index (κ2) is 34.0. The van der Waals surface area contributed by atoms with E-state index in [0.29, 0.717) is 31.6 Å². The monoisotopic (exact) mass is 983 g/mol. The molecular formula is C35H66N7O10U-. The molecule has 0 bridgehead atoms. The van der Waals surface area contributed by atoms with Gasteiger partial charge in [-0.1, -0.05) is 47.6 Å². The molecule has 2 heterocycles. The van der Waals surface area contributed by atoms with Gasteiger partial charge >= 0.3 is 12.0 Å². The van der Waals surface area contributed by atoms with Gasteiger partial charge in [0.1, 0.15) is 18.4 Å². The van der Waals surface area contributed by atoms with Crippen LogP contribution in [0.15, 0.2) is 18.2 Å². The minimum absolute atomic E-state index is 0. The number of rotatable bonds is 13. The number of urea groups is 1. The standard InChI is InChI=1S/C23H37N5O6.C5H10O3.C4H9N2.C2H6.CH4O.U/c1-13(2)20(26-14(3)4)22(32)28-18(7-6-10-25-23(24)33)21(31)27-17-9-8-16(11-19(17)30)12-34-15(5)29;6-4-1-5(7)3-8-2-4;1-2-6-4-3-5-1;2*1-2;/h8-9,11,13-14,18,20,26,30H,6-7,10,12H2,1-5H3,(H,27,31)(H,28,32)(H3,24,25,33);4-7H,1-3H2;5H,1-4H2;1-2H3;2H,1H3;/q;;-1;;;. The molecule has 17 nitrogen and oxygen atoms in total. The number of piperazine rings is 1. The molecule has 0 aromatic heterocycles. The molecule has 0 saturated carbocycles. The second-order valence-corrected chi connectivity index (χ2v) is 12.2. The van der Waals surface area contributed by atoms with Gasteiger partial charge in [-0.05, 0) is 49.5 Å². The average Bonchev–Trinajstić information content (AvgIpc) is 3.11. The smallest absolute Gasteiger partial charge is 0.312 e. The van der Waals surface area contributed by atoms with Gasteiger partial charge in [0.05, 0.1) is 37.2 Å². The Balaban J connectivity index is -0.00000107. The van der Waals surface area contributed by atoms with E-state index in [1.807, 2.05) is 41.5 Å². The first kappa shape index (κ1) is 54.8. The summed E-state index contributed by atoms with van der Waals surface area (Å²) in [6.07, 6.45) is 0.159. The molecule has 2 aliphatic rings.